The number of carbonyl (C=O) groups excluding carboxylic acids is 2. The number of aromatic nitrogens is 1. The highest BCUT2D eigenvalue weighted by Gasteiger charge is 2.44. The average Bonchev–Trinajstić information content (AvgIpc) is 3.54. The number of hydrogen-bond acceptors (Lipinski definition) is 3. The van der Waals surface area contributed by atoms with E-state index in [1.54, 1.807) is 29.4 Å². The third-order valence-corrected chi connectivity index (χ3v) is 5.97. The van der Waals surface area contributed by atoms with Gasteiger partial charge in [-0.1, -0.05) is 12.1 Å². The second kappa shape index (κ2) is 7.70. The van der Waals surface area contributed by atoms with Crippen LogP contribution in [0.5, 0.6) is 0 Å². The molecule has 2 aliphatic rings. The Morgan fingerprint density at radius 2 is 1.86 bits per heavy atom. The number of halogens is 1. The maximum atomic E-state index is 13.1. The minimum atomic E-state index is -0.240. The molecule has 1 aliphatic carbocycles. The van der Waals surface area contributed by atoms with E-state index >= 15 is 0 Å². The van der Waals surface area contributed by atoms with Crippen molar-refractivity contribution in [3.05, 3.63) is 65.7 Å². The topological polar surface area (TPSA) is 62.3 Å². The molecule has 0 unspecified atom stereocenters. The van der Waals surface area contributed by atoms with Crippen molar-refractivity contribution in [2.24, 2.45) is 5.92 Å². The van der Waals surface area contributed by atoms with E-state index in [0.29, 0.717) is 38.0 Å². The number of pyridine rings is 1. The van der Waals surface area contributed by atoms with E-state index in [-0.39, 0.29) is 29.0 Å². The first kappa shape index (κ1) is 18.6. The van der Waals surface area contributed by atoms with Crippen LogP contribution in [0, 0.1) is 11.7 Å². The van der Waals surface area contributed by atoms with Crippen molar-refractivity contribution >= 4 is 11.8 Å². The Balaban J connectivity index is 1.28. The molecular weight excluding hydrogens is 357 g/mol. The van der Waals surface area contributed by atoms with Crippen molar-refractivity contribution in [1.82, 2.24) is 15.2 Å². The minimum Gasteiger partial charge on any atom is -0.355 e. The zero-order valence-electron chi connectivity index (χ0n) is 15.7. The molecule has 1 saturated heterocycles. The Labute approximate surface area is 164 Å². The van der Waals surface area contributed by atoms with Crippen molar-refractivity contribution in [3.8, 4) is 0 Å². The first-order valence-electron chi connectivity index (χ1n) is 9.80. The monoisotopic (exact) mass is 381 g/mol. The largest absolute Gasteiger partial charge is 0.355 e. The normalized spacial score (nSPS) is 18.5. The standard InChI is InChI=1S/C22H24FN3O2/c23-19-5-3-18(4-6-19)22(9-10-22)15-25-20(27)16-7-12-26(13-8-16)21(28)17-2-1-11-24-14-17/h1-6,11,14,16H,7-10,12-13,15H2,(H,25,27). The van der Waals surface area contributed by atoms with Crippen LogP contribution in [0.25, 0.3) is 0 Å². The zero-order chi connectivity index (χ0) is 19.6. The Morgan fingerprint density at radius 1 is 1.14 bits per heavy atom. The van der Waals surface area contributed by atoms with Crippen LogP contribution in [0.2, 0.25) is 0 Å². The highest BCUT2D eigenvalue weighted by molar-refractivity contribution is 5.94. The lowest BCUT2D eigenvalue weighted by molar-refractivity contribution is -0.126. The van der Waals surface area contributed by atoms with Crippen LogP contribution < -0.4 is 5.32 Å². The summed E-state index contributed by atoms with van der Waals surface area (Å²) in [6.45, 7) is 1.75. The molecule has 1 aromatic heterocycles. The van der Waals surface area contributed by atoms with E-state index in [1.165, 1.54) is 12.1 Å². The van der Waals surface area contributed by atoms with E-state index in [2.05, 4.69) is 10.3 Å². The van der Waals surface area contributed by atoms with Crippen molar-refractivity contribution in [2.75, 3.05) is 19.6 Å². The average molecular weight is 381 g/mol. The fourth-order valence-corrected chi connectivity index (χ4v) is 3.94. The van der Waals surface area contributed by atoms with Crippen LogP contribution in [-0.2, 0) is 10.2 Å². The molecule has 146 valence electrons. The second-order valence-corrected chi connectivity index (χ2v) is 7.81. The Morgan fingerprint density at radius 3 is 2.46 bits per heavy atom. The molecule has 0 radical (unpaired) electrons. The quantitative estimate of drug-likeness (QED) is 0.866. The van der Waals surface area contributed by atoms with Gasteiger partial charge in [0.2, 0.25) is 5.91 Å². The van der Waals surface area contributed by atoms with E-state index in [9.17, 15) is 14.0 Å². The third kappa shape index (κ3) is 3.91. The smallest absolute Gasteiger partial charge is 0.255 e. The fourth-order valence-electron chi connectivity index (χ4n) is 3.94. The number of hydrogen-bond donors (Lipinski definition) is 1. The van der Waals surface area contributed by atoms with Gasteiger partial charge < -0.3 is 10.2 Å². The molecule has 6 heteroatoms. The molecule has 2 heterocycles. The number of rotatable bonds is 5. The van der Waals surface area contributed by atoms with Crippen LogP contribution in [0.4, 0.5) is 4.39 Å². The van der Waals surface area contributed by atoms with Crippen LogP contribution in [0.15, 0.2) is 48.8 Å². The highest BCUT2D eigenvalue weighted by atomic mass is 19.1. The summed E-state index contributed by atoms with van der Waals surface area (Å²) in [6, 6.07) is 10.1. The molecule has 0 atom stereocenters. The molecule has 2 amide bonds. The molecule has 2 aromatic rings. The maximum absolute atomic E-state index is 13.1. The summed E-state index contributed by atoms with van der Waals surface area (Å²) in [5, 5.41) is 3.10. The summed E-state index contributed by atoms with van der Waals surface area (Å²) in [7, 11) is 0. The highest BCUT2D eigenvalue weighted by Crippen LogP contribution is 2.47. The van der Waals surface area contributed by atoms with Gasteiger partial charge in [0, 0.05) is 43.4 Å². The van der Waals surface area contributed by atoms with E-state index in [4.69, 9.17) is 0 Å². The number of carbonyl (C=O) groups is 2. The Kier molecular flexibility index (Phi) is 5.11. The van der Waals surface area contributed by atoms with Gasteiger partial charge in [0.05, 0.1) is 5.56 Å². The summed E-state index contributed by atoms with van der Waals surface area (Å²) in [6.07, 6.45) is 6.58. The summed E-state index contributed by atoms with van der Waals surface area (Å²) < 4.78 is 13.1. The lowest BCUT2D eigenvalue weighted by atomic mass is 9.93. The third-order valence-electron chi connectivity index (χ3n) is 5.97. The number of amides is 2. The Hall–Kier alpha value is -2.76. The first-order chi connectivity index (χ1) is 13.6. The number of benzene rings is 1. The molecule has 1 aliphatic heterocycles. The van der Waals surface area contributed by atoms with Gasteiger partial charge in [-0.15, -0.1) is 0 Å². The van der Waals surface area contributed by atoms with E-state index in [0.717, 1.165) is 18.4 Å². The zero-order valence-corrected chi connectivity index (χ0v) is 15.7. The van der Waals surface area contributed by atoms with E-state index in [1.807, 2.05) is 12.1 Å². The molecule has 0 bridgehead atoms. The lowest BCUT2D eigenvalue weighted by Gasteiger charge is -2.31. The first-order valence-corrected chi connectivity index (χ1v) is 9.80. The van der Waals surface area contributed by atoms with Gasteiger partial charge >= 0.3 is 0 Å². The number of piperidine rings is 1. The van der Waals surface area contributed by atoms with Crippen molar-refractivity contribution in [2.45, 2.75) is 31.1 Å². The summed E-state index contributed by atoms with van der Waals surface area (Å²) in [4.78, 5) is 30.9. The van der Waals surface area contributed by atoms with Gasteiger partial charge in [-0.3, -0.25) is 14.6 Å². The molecule has 4 rings (SSSR count). The predicted molar refractivity (Wildman–Crippen MR) is 103 cm³/mol. The summed E-state index contributed by atoms with van der Waals surface area (Å²) in [5.74, 6) is -0.278. The van der Waals surface area contributed by atoms with Crippen molar-refractivity contribution in [3.63, 3.8) is 0 Å². The summed E-state index contributed by atoms with van der Waals surface area (Å²) >= 11 is 0. The molecule has 2 fully saturated rings. The molecule has 1 saturated carbocycles. The second-order valence-electron chi connectivity index (χ2n) is 7.81. The van der Waals surface area contributed by atoms with Gasteiger partial charge in [0.25, 0.3) is 5.91 Å². The van der Waals surface area contributed by atoms with Crippen molar-refractivity contribution < 1.29 is 14.0 Å². The van der Waals surface area contributed by atoms with Gasteiger partial charge in [0.1, 0.15) is 5.82 Å². The Bertz CT molecular complexity index is 842. The van der Waals surface area contributed by atoms with Crippen LogP contribution in [-0.4, -0.2) is 41.3 Å². The van der Waals surface area contributed by atoms with Gasteiger partial charge in [0.15, 0.2) is 0 Å². The van der Waals surface area contributed by atoms with Gasteiger partial charge in [-0.25, -0.2) is 4.39 Å². The van der Waals surface area contributed by atoms with Gasteiger partial charge in [-0.2, -0.15) is 0 Å². The van der Waals surface area contributed by atoms with Crippen molar-refractivity contribution in [1.29, 1.82) is 0 Å². The molecule has 5 nitrogen and oxygen atoms in total. The minimum absolute atomic E-state index is 0.0276. The van der Waals surface area contributed by atoms with Crippen LogP contribution in [0.3, 0.4) is 0 Å². The number of nitrogens with zero attached hydrogens (tertiary/aromatic N) is 2. The van der Waals surface area contributed by atoms with Crippen LogP contribution in [0.1, 0.15) is 41.6 Å². The molecule has 28 heavy (non-hydrogen) atoms. The van der Waals surface area contributed by atoms with Crippen LogP contribution >= 0.6 is 0 Å². The van der Waals surface area contributed by atoms with E-state index < -0.39 is 0 Å². The molecule has 0 spiro atoms. The fraction of sp³-hybridized carbons (Fsp3) is 0.409. The summed E-state index contributed by atoms with van der Waals surface area (Å²) in [5.41, 5.74) is 1.63. The molecule has 1 aromatic carbocycles. The number of nitrogens with one attached hydrogen (secondary N) is 1. The number of likely N-dealkylation sites (tertiary alicyclic amines) is 1. The molecule has 1 N–H and O–H groups in total. The van der Waals surface area contributed by atoms with Gasteiger partial charge in [-0.05, 0) is 55.5 Å². The maximum Gasteiger partial charge on any atom is 0.255 e. The SMILES string of the molecule is O=C(NCC1(c2ccc(F)cc2)CC1)C1CCN(C(=O)c2cccnc2)CC1. The lowest BCUT2D eigenvalue weighted by Crippen LogP contribution is -2.44. The predicted octanol–water partition coefficient (Wildman–Crippen LogP) is 2.92. The molecular formula is C22H24FN3O2.